The van der Waals surface area contributed by atoms with E-state index in [1.807, 2.05) is 0 Å². The lowest BCUT2D eigenvalue weighted by Gasteiger charge is -2.08. The molecule has 1 aromatic carbocycles. The maximum absolute atomic E-state index is 12.0. The molecule has 2 aromatic rings. The lowest BCUT2D eigenvalue weighted by Crippen LogP contribution is -2.21. The van der Waals surface area contributed by atoms with Crippen LogP contribution in [0.3, 0.4) is 0 Å². The molecule has 0 amide bonds. The molecule has 0 fully saturated rings. The Morgan fingerprint density at radius 3 is 2.64 bits per heavy atom. The molecule has 22 heavy (non-hydrogen) atoms. The summed E-state index contributed by atoms with van der Waals surface area (Å²) in [5, 5.41) is 15.0. The molecule has 0 saturated heterocycles. The zero-order chi connectivity index (χ0) is 16.5. The molecule has 118 valence electrons. The predicted octanol–water partition coefficient (Wildman–Crippen LogP) is 1.40. The van der Waals surface area contributed by atoms with Crippen LogP contribution in [0.2, 0.25) is 0 Å². The Morgan fingerprint density at radius 1 is 1.36 bits per heavy atom. The van der Waals surface area contributed by atoms with Gasteiger partial charge in [0, 0.05) is 31.9 Å². The van der Waals surface area contributed by atoms with Crippen molar-refractivity contribution in [3.63, 3.8) is 0 Å². The molecule has 0 N–H and O–H groups in total. The van der Waals surface area contributed by atoms with Crippen LogP contribution in [0, 0.1) is 17.0 Å². The first kappa shape index (κ1) is 16.1. The van der Waals surface area contributed by atoms with Gasteiger partial charge in [0.05, 0.1) is 17.7 Å². The minimum Gasteiger partial charge on any atom is -0.267 e. The lowest BCUT2D eigenvalue weighted by atomic mass is 10.1. The van der Waals surface area contributed by atoms with Crippen molar-refractivity contribution in [1.82, 2.24) is 14.1 Å². The molecule has 0 saturated carbocycles. The smallest absolute Gasteiger partial charge is 0.267 e. The molecule has 0 spiro atoms. The van der Waals surface area contributed by atoms with E-state index in [2.05, 4.69) is 5.10 Å². The SMILES string of the molecule is Cc1c(Cn2cc(S(=O)(=O)N(C)C)cn2)cccc1[N+](=O)[O-]. The van der Waals surface area contributed by atoms with Crippen LogP contribution in [0.5, 0.6) is 0 Å². The zero-order valence-corrected chi connectivity index (χ0v) is 13.2. The Bertz CT molecular complexity index is 811. The number of nitrogens with zero attached hydrogens (tertiary/aromatic N) is 4. The third-order valence-corrected chi connectivity index (χ3v) is 5.10. The average molecular weight is 324 g/mol. The normalized spacial score (nSPS) is 11.8. The number of benzene rings is 1. The summed E-state index contributed by atoms with van der Waals surface area (Å²) in [7, 11) is -0.655. The van der Waals surface area contributed by atoms with Gasteiger partial charge in [0.15, 0.2) is 0 Å². The summed E-state index contributed by atoms with van der Waals surface area (Å²) >= 11 is 0. The van der Waals surface area contributed by atoms with Crippen molar-refractivity contribution >= 4 is 15.7 Å². The molecule has 0 aliphatic heterocycles. The second-order valence-electron chi connectivity index (χ2n) is 4.98. The van der Waals surface area contributed by atoms with E-state index in [-0.39, 0.29) is 17.1 Å². The van der Waals surface area contributed by atoms with E-state index in [0.717, 1.165) is 4.31 Å². The van der Waals surface area contributed by atoms with Crippen molar-refractivity contribution in [2.45, 2.75) is 18.4 Å². The summed E-state index contributed by atoms with van der Waals surface area (Å²) in [4.78, 5) is 10.6. The molecule has 1 aromatic heterocycles. The molecule has 0 unspecified atom stereocenters. The third-order valence-electron chi connectivity index (χ3n) is 3.33. The van der Waals surface area contributed by atoms with Crippen LogP contribution >= 0.6 is 0 Å². The second kappa shape index (κ2) is 5.85. The van der Waals surface area contributed by atoms with Gasteiger partial charge in [-0.2, -0.15) is 5.10 Å². The van der Waals surface area contributed by atoms with Gasteiger partial charge in [-0.1, -0.05) is 12.1 Å². The van der Waals surface area contributed by atoms with Crippen molar-refractivity contribution in [3.05, 3.63) is 51.8 Å². The molecule has 9 heteroatoms. The van der Waals surface area contributed by atoms with Crippen LogP contribution < -0.4 is 0 Å². The number of hydrogen-bond acceptors (Lipinski definition) is 5. The summed E-state index contributed by atoms with van der Waals surface area (Å²) < 4.78 is 26.5. The maximum atomic E-state index is 12.0. The fourth-order valence-corrected chi connectivity index (χ4v) is 2.85. The van der Waals surface area contributed by atoms with Crippen LogP contribution in [0.1, 0.15) is 11.1 Å². The quantitative estimate of drug-likeness (QED) is 0.611. The van der Waals surface area contributed by atoms with Crippen molar-refractivity contribution < 1.29 is 13.3 Å². The molecule has 1 heterocycles. The first-order valence-corrected chi connectivity index (χ1v) is 7.85. The van der Waals surface area contributed by atoms with Gasteiger partial charge in [0.2, 0.25) is 10.0 Å². The van der Waals surface area contributed by atoms with Gasteiger partial charge in [-0.3, -0.25) is 14.8 Å². The highest BCUT2D eigenvalue weighted by molar-refractivity contribution is 7.89. The fraction of sp³-hybridized carbons (Fsp3) is 0.308. The second-order valence-corrected chi connectivity index (χ2v) is 7.13. The standard InChI is InChI=1S/C13H16N4O4S/c1-10-11(5-4-6-13(10)17(18)19)8-16-9-12(7-14-16)22(20,21)15(2)3/h4-7,9H,8H2,1-3H3. The summed E-state index contributed by atoms with van der Waals surface area (Å²) in [5.74, 6) is 0. The number of rotatable bonds is 5. The predicted molar refractivity (Wildman–Crippen MR) is 80.0 cm³/mol. The molecule has 0 aliphatic carbocycles. The minimum atomic E-state index is -3.54. The molecular formula is C13H16N4O4S. The number of sulfonamides is 1. The van der Waals surface area contributed by atoms with Gasteiger partial charge < -0.3 is 0 Å². The van der Waals surface area contributed by atoms with Gasteiger partial charge in [-0.25, -0.2) is 12.7 Å². The first-order chi connectivity index (χ1) is 10.2. The van der Waals surface area contributed by atoms with E-state index < -0.39 is 14.9 Å². The van der Waals surface area contributed by atoms with Crippen molar-refractivity contribution in [2.24, 2.45) is 0 Å². The number of aromatic nitrogens is 2. The monoisotopic (exact) mass is 324 g/mol. The minimum absolute atomic E-state index is 0.0331. The molecular weight excluding hydrogens is 308 g/mol. The summed E-state index contributed by atoms with van der Waals surface area (Å²) in [6, 6.07) is 4.79. The van der Waals surface area contributed by atoms with Crippen LogP contribution in [-0.2, 0) is 16.6 Å². The molecule has 2 rings (SSSR count). The Balaban J connectivity index is 2.32. The zero-order valence-electron chi connectivity index (χ0n) is 12.4. The van der Waals surface area contributed by atoms with E-state index >= 15 is 0 Å². The first-order valence-electron chi connectivity index (χ1n) is 6.41. The largest absolute Gasteiger partial charge is 0.272 e. The number of nitro benzene ring substituents is 1. The van der Waals surface area contributed by atoms with Gasteiger partial charge in [-0.05, 0) is 12.5 Å². The van der Waals surface area contributed by atoms with Crippen LogP contribution in [-0.4, -0.2) is 41.5 Å². The van der Waals surface area contributed by atoms with E-state index in [4.69, 9.17) is 0 Å². The number of hydrogen-bond donors (Lipinski definition) is 0. The lowest BCUT2D eigenvalue weighted by molar-refractivity contribution is -0.385. The highest BCUT2D eigenvalue weighted by Gasteiger charge is 2.20. The summed E-state index contributed by atoms with van der Waals surface area (Å²) in [6.45, 7) is 1.92. The Morgan fingerprint density at radius 2 is 2.05 bits per heavy atom. The Labute approximate surface area is 128 Å². The highest BCUT2D eigenvalue weighted by atomic mass is 32.2. The van der Waals surface area contributed by atoms with Crippen LogP contribution in [0.15, 0.2) is 35.5 Å². The van der Waals surface area contributed by atoms with Crippen LogP contribution in [0.25, 0.3) is 0 Å². The van der Waals surface area contributed by atoms with Gasteiger partial charge in [0.25, 0.3) is 5.69 Å². The summed E-state index contributed by atoms with van der Waals surface area (Å²) in [6.07, 6.45) is 2.68. The Kier molecular flexibility index (Phi) is 4.29. The van der Waals surface area contributed by atoms with E-state index in [1.54, 1.807) is 19.1 Å². The summed E-state index contributed by atoms with van der Waals surface area (Å²) in [5.41, 5.74) is 1.29. The third kappa shape index (κ3) is 3.00. The molecule has 0 radical (unpaired) electrons. The van der Waals surface area contributed by atoms with Gasteiger partial charge in [-0.15, -0.1) is 0 Å². The number of nitro groups is 1. The van der Waals surface area contributed by atoms with E-state index in [9.17, 15) is 18.5 Å². The molecule has 0 bridgehead atoms. The van der Waals surface area contributed by atoms with E-state index in [1.165, 1.54) is 37.2 Å². The van der Waals surface area contributed by atoms with Gasteiger partial charge in [0.1, 0.15) is 4.90 Å². The topological polar surface area (TPSA) is 98.3 Å². The molecule has 8 nitrogen and oxygen atoms in total. The Hall–Kier alpha value is -2.26. The van der Waals surface area contributed by atoms with Crippen molar-refractivity contribution in [2.75, 3.05) is 14.1 Å². The van der Waals surface area contributed by atoms with Crippen molar-refractivity contribution in [3.8, 4) is 0 Å². The average Bonchev–Trinajstić information content (AvgIpc) is 2.90. The van der Waals surface area contributed by atoms with Crippen molar-refractivity contribution in [1.29, 1.82) is 0 Å². The van der Waals surface area contributed by atoms with Gasteiger partial charge >= 0.3 is 0 Å². The fourth-order valence-electron chi connectivity index (χ4n) is 1.99. The maximum Gasteiger partial charge on any atom is 0.272 e. The van der Waals surface area contributed by atoms with E-state index in [0.29, 0.717) is 11.1 Å². The molecule has 0 aliphatic rings. The van der Waals surface area contributed by atoms with Crippen LogP contribution in [0.4, 0.5) is 5.69 Å². The molecule has 0 atom stereocenters. The highest BCUT2D eigenvalue weighted by Crippen LogP contribution is 2.22.